The molecule has 2 aromatic rings. The van der Waals surface area contributed by atoms with Gasteiger partial charge in [-0.05, 0) is 37.8 Å². The van der Waals surface area contributed by atoms with Crippen LogP contribution in [0, 0.1) is 17.0 Å². The van der Waals surface area contributed by atoms with Crippen molar-refractivity contribution in [3.8, 4) is 0 Å². The summed E-state index contributed by atoms with van der Waals surface area (Å²) in [7, 11) is 0. The molecular weight excluding hydrogens is 440 g/mol. The van der Waals surface area contributed by atoms with Crippen LogP contribution in [0.3, 0.4) is 0 Å². The molecule has 6 nitrogen and oxygen atoms in total. The highest BCUT2D eigenvalue weighted by molar-refractivity contribution is 6.02. The molecule has 1 aliphatic heterocycles. The monoisotopic (exact) mass is 471 g/mol. The number of carbonyl (C=O) groups excluding carboxylic acids is 2. The molecule has 1 aromatic carbocycles. The number of aromatic nitrogens is 1. The summed E-state index contributed by atoms with van der Waals surface area (Å²) in [5, 5.41) is 6.02. The smallest absolute Gasteiger partial charge is 0.257 e. The Morgan fingerprint density at radius 1 is 1.21 bits per heavy atom. The third-order valence-corrected chi connectivity index (χ3v) is 7.22. The van der Waals surface area contributed by atoms with E-state index in [0.29, 0.717) is 17.8 Å². The summed E-state index contributed by atoms with van der Waals surface area (Å²) >= 11 is 0. The second kappa shape index (κ2) is 9.41. The first-order valence-electron chi connectivity index (χ1n) is 11.9. The highest BCUT2D eigenvalue weighted by atomic mass is 19.1. The summed E-state index contributed by atoms with van der Waals surface area (Å²) < 4.78 is 28.9. The average Bonchev–Trinajstić information content (AvgIpc) is 2.75. The third-order valence-electron chi connectivity index (χ3n) is 7.22. The number of hydrogen-bond acceptors (Lipinski definition) is 4. The first-order chi connectivity index (χ1) is 16.1. The number of benzene rings is 1. The third kappa shape index (κ3) is 4.31. The van der Waals surface area contributed by atoms with E-state index in [2.05, 4.69) is 17.6 Å². The van der Waals surface area contributed by atoms with Crippen LogP contribution < -0.4 is 16.1 Å². The lowest BCUT2D eigenvalue weighted by Crippen LogP contribution is -2.55. The fourth-order valence-electron chi connectivity index (χ4n) is 4.78. The minimum absolute atomic E-state index is 0.0454. The molecule has 4 rings (SSSR count). The van der Waals surface area contributed by atoms with Gasteiger partial charge in [0.05, 0.1) is 5.69 Å². The van der Waals surface area contributed by atoms with Crippen molar-refractivity contribution in [1.82, 2.24) is 15.2 Å². The Hall–Kier alpha value is -2.87. The molecule has 1 aromatic heterocycles. The van der Waals surface area contributed by atoms with E-state index in [0.717, 1.165) is 44.4 Å². The van der Waals surface area contributed by atoms with Gasteiger partial charge in [-0.15, -0.1) is 0 Å². The van der Waals surface area contributed by atoms with Gasteiger partial charge in [-0.2, -0.15) is 0 Å². The normalized spacial score (nSPS) is 19.4. The molecule has 2 heterocycles. The van der Waals surface area contributed by atoms with Crippen molar-refractivity contribution in [3.63, 3.8) is 0 Å². The maximum atomic E-state index is 14.0. The van der Waals surface area contributed by atoms with Crippen molar-refractivity contribution in [3.05, 3.63) is 68.6 Å². The first kappa shape index (κ1) is 24.3. The van der Waals surface area contributed by atoms with Crippen LogP contribution in [-0.2, 0) is 13.1 Å². The van der Waals surface area contributed by atoms with Gasteiger partial charge in [-0.25, -0.2) is 8.78 Å². The molecule has 0 saturated heterocycles. The summed E-state index contributed by atoms with van der Waals surface area (Å²) in [4.78, 5) is 40.1. The average molecular weight is 472 g/mol. The van der Waals surface area contributed by atoms with Crippen molar-refractivity contribution in [1.29, 1.82) is 0 Å². The molecule has 182 valence electrons. The number of carbonyl (C=O) groups is 2. The summed E-state index contributed by atoms with van der Waals surface area (Å²) in [5.41, 5.74) is -0.224. The Morgan fingerprint density at radius 2 is 1.94 bits per heavy atom. The molecule has 1 aliphatic carbocycles. The van der Waals surface area contributed by atoms with Crippen LogP contribution >= 0.6 is 0 Å². The molecule has 34 heavy (non-hydrogen) atoms. The zero-order valence-corrected chi connectivity index (χ0v) is 19.8. The number of nitrogens with zero attached hydrogens (tertiary/aromatic N) is 1. The Labute approximate surface area is 197 Å². The van der Waals surface area contributed by atoms with E-state index in [9.17, 15) is 23.2 Å². The second-order valence-electron chi connectivity index (χ2n) is 9.89. The van der Waals surface area contributed by atoms with E-state index < -0.39 is 28.4 Å². The lowest BCUT2D eigenvalue weighted by molar-refractivity contribution is 0.0699. The zero-order chi connectivity index (χ0) is 24.6. The highest BCUT2D eigenvalue weighted by Gasteiger charge is 2.45. The zero-order valence-electron chi connectivity index (χ0n) is 19.8. The molecule has 1 unspecified atom stereocenters. The van der Waals surface area contributed by atoms with Gasteiger partial charge < -0.3 is 15.2 Å². The summed E-state index contributed by atoms with van der Waals surface area (Å²) in [6.45, 7) is 6.89. The highest BCUT2D eigenvalue weighted by Crippen LogP contribution is 2.40. The topological polar surface area (TPSA) is 80.2 Å². The van der Waals surface area contributed by atoms with Crippen molar-refractivity contribution in [2.24, 2.45) is 5.41 Å². The van der Waals surface area contributed by atoms with Crippen molar-refractivity contribution >= 4 is 11.7 Å². The molecular formula is C26H31F2N3O3. The van der Waals surface area contributed by atoms with E-state index in [-0.39, 0.29) is 35.4 Å². The van der Waals surface area contributed by atoms with E-state index in [1.807, 2.05) is 13.8 Å². The van der Waals surface area contributed by atoms with Gasteiger partial charge in [0.15, 0.2) is 11.2 Å². The fraction of sp³-hybridized carbons (Fsp3) is 0.500. The van der Waals surface area contributed by atoms with Gasteiger partial charge >= 0.3 is 0 Å². The van der Waals surface area contributed by atoms with Crippen LogP contribution in [0.5, 0.6) is 0 Å². The maximum Gasteiger partial charge on any atom is 0.257 e. The Balaban J connectivity index is 1.71. The fourth-order valence-corrected chi connectivity index (χ4v) is 4.78. The number of fused-ring (bicyclic) bond motifs is 1. The lowest BCUT2D eigenvalue weighted by Gasteiger charge is -2.41. The van der Waals surface area contributed by atoms with Gasteiger partial charge in [0, 0.05) is 47.9 Å². The number of rotatable bonds is 7. The molecule has 0 spiro atoms. The van der Waals surface area contributed by atoms with Crippen LogP contribution in [-0.4, -0.2) is 28.8 Å². The summed E-state index contributed by atoms with van der Waals surface area (Å²) in [5.74, 6) is -2.25. The van der Waals surface area contributed by atoms with Gasteiger partial charge in [0.2, 0.25) is 0 Å². The predicted molar refractivity (Wildman–Crippen MR) is 125 cm³/mol. The Morgan fingerprint density at radius 3 is 2.56 bits per heavy atom. The van der Waals surface area contributed by atoms with Crippen LogP contribution in [0.1, 0.15) is 84.3 Å². The number of Topliss-reactive ketones (excluding diaryl/α,β-unsaturated/α-hetero) is 1. The minimum atomic E-state index is -0.768. The number of hydrogen-bond donors (Lipinski definition) is 2. The van der Waals surface area contributed by atoms with E-state index in [1.165, 1.54) is 12.3 Å². The van der Waals surface area contributed by atoms with Crippen molar-refractivity contribution in [2.45, 2.75) is 71.5 Å². The molecule has 1 amide bonds. The molecule has 8 heteroatoms. The van der Waals surface area contributed by atoms with Gasteiger partial charge in [-0.3, -0.25) is 14.4 Å². The first-order valence-corrected chi connectivity index (χ1v) is 11.9. The molecule has 2 N–H and O–H groups in total. The Bertz CT molecular complexity index is 1180. The molecule has 1 fully saturated rings. The quantitative estimate of drug-likeness (QED) is 0.642. The number of amides is 1. The van der Waals surface area contributed by atoms with Crippen LogP contribution in [0.4, 0.5) is 8.78 Å². The van der Waals surface area contributed by atoms with Gasteiger partial charge in [-0.1, -0.05) is 33.3 Å². The second-order valence-corrected chi connectivity index (χ2v) is 9.89. The number of ketones is 1. The number of halogens is 2. The van der Waals surface area contributed by atoms with E-state index in [4.69, 9.17) is 0 Å². The van der Waals surface area contributed by atoms with Crippen molar-refractivity contribution < 1.29 is 18.4 Å². The van der Waals surface area contributed by atoms with Crippen LogP contribution in [0.15, 0.2) is 29.2 Å². The van der Waals surface area contributed by atoms with Gasteiger partial charge in [0.1, 0.15) is 17.2 Å². The summed E-state index contributed by atoms with van der Waals surface area (Å²) in [6.07, 6.45) is 4.96. The number of nitrogens with one attached hydrogen (secondary N) is 2. The minimum Gasteiger partial charge on any atom is -0.348 e. The van der Waals surface area contributed by atoms with Crippen LogP contribution in [0.25, 0.3) is 0 Å². The predicted octanol–water partition coefficient (Wildman–Crippen LogP) is 3.91. The molecule has 0 bridgehead atoms. The van der Waals surface area contributed by atoms with Crippen LogP contribution in [0.2, 0.25) is 0 Å². The van der Waals surface area contributed by atoms with E-state index in [1.54, 1.807) is 4.57 Å². The van der Waals surface area contributed by atoms with E-state index >= 15 is 0 Å². The molecule has 2 aliphatic rings. The standard InChI is InChI=1S/C26H31F2N3O3/c1-4-10-29-20-14-31-13-18(25(34)30-12-16-8-9-17(27)11-19(16)28)23(32)21(15-6-5-7-15)22(31)24(33)26(20,2)3/h8-9,11,13,15,20,29H,4-7,10,12,14H2,1-3H3,(H,30,34). The Kier molecular flexibility index (Phi) is 6.71. The molecule has 0 radical (unpaired) electrons. The maximum absolute atomic E-state index is 14.0. The summed E-state index contributed by atoms with van der Waals surface area (Å²) in [6, 6.07) is 2.98. The lowest BCUT2D eigenvalue weighted by atomic mass is 9.71. The van der Waals surface area contributed by atoms with Crippen molar-refractivity contribution in [2.75, 3.05) is 6.54 Å². The SMILES string of the molecule is CCCNC1Cn2cc(C(=O)NCc3ccc(F)cc3F)c(=O)c(C3CCC3)c2C(=O)C1(C)C. The molecule has 1 saturated carbocycles. The van der Waals surface area contributed by atoms with Gasteiger partial charge in [0.25, 0.3) is 5.91 Å². The molecule has 1 atom stereocenters. The number of pyridine rings is 1. The largest absolute Gasteiger partial charge is 0.348 e.